The fourth-order valence-electron chi connectivity index (χ4n) is 4.37. The highest BCUT2D eigenvalue weighted by molar-refractivity contribution is 7.91. The summed E-state index contributed by atoms with van der Waals surface area (Å²) >= 11 is 0. The lowest BCUT2D eigenvalue weighted by Gasteiger charge is -2.43. The molecule has 3 aliphatic rings. The fourth-order valence-corrected chi connectivity index (χ4v) is 6.42. The molecule has 0 spiro atoms. The van der Waals surface area contributed by atoms with Gasteiger partial charge in [-0.15, -0.1) is 0 Å². The topological polar surface area (TPSA) is 70.2 Å². The van der Waals surface area contributed by atoms with Crippen molar-refractivity contribution in [2.45, 2.75) is 19.0 Å². The maximum Gasteiger partial charge on any atom is 0.241 e. The minimum Gasteiger partial charge on any atom is -0.490 e. The van der Waals surface area contributed by atoms with E-state index in [0.29, 0.717) is 13.2 Å². The first-order valence-corrected chi connectivity index (χ1v) is 11.0. The van der Waals surface area contributed by atoms with Gasteiger partial charge in [-0.3, -0.25) is 14.6 Å². The van der Waals surface area contributed by atoms with E-state index in [1.165, 1.54) is 0 Å². The van der Waals surface area contributed by atoms with Gasteiger partial charge in [-0.25, -0.2) is 8.42 Å². The number of anilines is 1. The van der Waals surface area contributed by atoms with Crippen molar-refractivity contribution in [3.63, 3.8) is 0 Å². The molecule has 4 rings (SSSR count). The first kappa shape index (κ1) is 17.8. The van der Waals surface area contributed by atoms with Crippen molar-refractivity contribution in [2.75, 3.05) is 55.7 Å². The van der Waals surface area contributed by atoms with Crippen molar-refractivity contribution in [3.8, 4) is 5.75 Å². The summed E-state index contributed by atoms with van der Waals surface area (Å²) < 4.78 is 30.0. The Kier molecular flexibility index (Phi) is 4.66. The number of piperazine rings is 1. The monoisotopic (exact) mass is 379 g/mol. The van der Waals surface area contributed by atoms with Crippen molar-refractivity contribution in [3.05, 3.63) is 24.3 Å². The molecule has 1 amide bonds. The Bertz CT molecular complexity index is 797. The standard InChI is InChI=1S/C18H25N3O4S/c1-2-19-7-8-20(16-13-26(23,24)12-15(16)19)11-18(22)21-9-10-25-17-6-4-3-5-14(17)21/h3-6,15-16H,2,7-13H2,1H3/t15-,16+/m0/s1. The average molecular weight is 379 g/mol. The second-order valence-electron chi connectivity index (χ2n) is 7.17. The van der Waals surface area contributed by atoms with E-state index in [1.54, 1.807) is 4.90 Å². The van der Waals surface area contributed by atoms with Crippen molar-refractivity contribution < 1.29 is 17.9 Å². The number of likely N-dealkylation sites (N-methyl/N-ethyl adjacent to an activating group) is 1. The Morgan fingerprint density at radius 1 is 1.12 bits per heavy atom. The first-order valence-electron chi connectivity index (χ1n) is 9.19. The molecule has 142 valence electrons. The van der Waals surface area contributed by atoms with Crippen LogP contribution in [0.1, 0.15) is 6.92 Å². The number of fused-ring (bicyclic) bond motifs is 2. The molecule has 2 fully saturated rings. The summed E-state index contributed by atoms with van der Waals surface area (Å²) in [5, 5.41) is 0. The molecule has 3 heterocycles. The van der Waals surface area contributed by atoms with Gasteiger partial charge in [0, 0.05) is 25.2 Å². The number of ether oxygens (including phenoxy) is 1. The minimum atomic E-state index is -3.04. The van der Waals surface area contributed by atoms with E-state index in [1.807, 2.05) is 24.3 Å². The van der Waals surface area contributed by atoms with Crippen LogP contribution < -0.4 is 9.64 Å². The number of benzene rings is 1. The summed E-state index contributed by atoms with van der Waals surface area (Å²) in [5.41, 5.74) is 0.798. The zero-order valence-corrected chi connectivity index (χ0v) is 15.8. The number of nitrogens with zero attached hydrogens (tertiary/aromatic N) is 3. The summed E-state index contributed by atoms with van der Waals surface area (Å²) in [4.78, 5) is 19.1. The molecule has 0 N–H and O–H groups in total. The Morgan fingerprint density at radius 3 is 2.58 bits per heavy atom. The predicted octanol–water partition coefficient (Wildman–Crippen LogP) is 0.215. The van der Waals surface area contributed by atoms with Gasteiger partial charge >= 0.3 is 0 Å². The van der Waals surface area contributed by atoms with Crippen LogP contribution in [0.3, 0.4) is 0 Å². The van der Waals surface area contributed by atoms with Crippen molar-refractivity contribution in [2.24, 2.45) is 0 Å². The van der Waals surface area contributed by atoms with Gasteiger partial charge in [-0.2, -0.15) is 0 Å². The molecule has 0 unspecified atom stereocenters. The van der Waals surface area contributed by atoms with Gasteiger partial charge in [0.1, 0.15) is 12.4 Å². The van der Waals surface area contributed by atoms with Crippen molar-refractivity contribution >= 4 is 21.4 Å². The van der Waals surface area contributed by atoms with Gasteiger partial charge < -0.3 is 9.64 Å². The van der Waals surface area contributed by atoms with E-state index in [2.05, 4.69) is 16.7 Å². The van der Waals surface area contributed by atoms with Crippen LogP contribution in [0.2, 0.25) is 0 Å². The highest BCUT2D eigenvalue weighted by Crippen LogP contribution is 2.32. The number of carbonyl (C=O) groups is 1. The molecule has 0 aliphatic carbocycles. The molecule has 2 atom stereocenters. The number of amides is 1. The summed E-state index contributed by atoms with van der Waals surface area (Å²) in [6.07, 6.45) is 0. The first-order chi connectivity index (χ1) is 12.5. The maximum atomic E-state index is 13.0. The number of sulfone groups is 1. The number of rotatable bonds is 3. The van der Waals surface area contributed by atoms with E-state index in [4.69, 9.17) is 4.74 Å². The van der Waals surface area contributed by atoms with Gasteiger partial charge in [0.2, 0.25) is 5.91 Å². The van der Waals surface area contributed by atoms with Crippen molar-refractivity contribution in [1.82, 2.24) is 9.80 Å². The molecule has 0 aromatic heterocycles. The SMILES string of the molecule is CCN1CCN(CC(=O)N2CCOc3ccccc32)[C@@H]2CS(=O)(=O)C[C@@H]21. The third kappa shape index (κ3) is 3.21. The molecule has 0 saturated carbocycles. The number of carbonyl (C=O) groups excluding carboxylic acids is 1. The fraction of sp³-hybridized carbons (Fsp3) is 0.611. The summed E-state index contributed by atoms with van der Waals surface area (Å²) in [6, 6.07) is 7.47. The normalized spacial score (nSPS) is 28.3. The highest BCUT2D eigenvalue weighted by atomic mass is 32.2. The molecule has 0 radical (unpaired) electrons. The van der Waals surface area contributed by atoms with Crippen molar-refractivity contribution in [1.29, 1.82) is 0 Å². The maximum absolute atomic E-state index is 13.0. The third-order valence-corrected chi connectivity index (χ3v) is 7.38. The molecule has 3 aliphatic heterocycles. The lowest BCUT2D eigenvalue weighted by molar-refractivity contribution is -0.121. The van der Waals surface area contributed by atoms with E-state index >= 15 is 0 Å². The number of para-hydroxylation sites is 2. The second-order valence-corrected chi connectivity index (χ2v) is 9.33. The van der Waals surface area contributed by atoms with E-state index < -0.39 is 9.84 Å². The van der Waals surface area contributed by atoms with Gasteiger partial charge in [-0.1, -0.05) is 19.1 Å². The van der Waals surface area contributed by atoms with Crippen LogP contribution in [-0.4, -0.2) is 87.0 Å². The van der Waals surface area contributed by atoms with E-state index in [9.17, 15) is 13.2 Å². The van der Waals surface area contributed by atoms with Crippen LogP contribution in [0, 0.1) is 0 Å². The van der Waals surface area contributed by atoms with Gasteiger partial charge in [0.15, 0.2) is 9.84 Å². The van der Waals surface area contributed by atoms with Gasteiger partial charge in [0.25, 0.3) is 0 Å². The largest absolute Gasteiger partial charge is 0.490 e. The Balaban J connectivity index is 1.52. The number of hydrogen-bond acceptors (Lipinski definition) is 6. The van der Waals surface area contributed by atoms with E-state index in [-0.39, 0.29) is 36.0 Å². The van der Waals surface area contributed by atoms with E-state index in [0.717, 1.165) is 31.1 Å². The molecule has 1 aromatic rings. The number of hydrogen-bond donors (Lipinski definition) is 0. The Labute approximate surface area is 154 Å². The summed E-state index contributed by atoms with van der Waals surface area (Å²) in [6.45, 7) is 5.69. The molecular formula is C18H25N3O4S. The van der Waals surface area contributed by atoms with Crippen LogP contribution in [0.25, 0.3) is 0 Å². The second kappa shape index (κ2) is 6.83. The third-order valence-electron chi connectivity index (χ3n) is 5.68. The van der Waals surface area contributed by atoms with Crippen LogP contribution in [0.15, 0.2) is 24.3 Å². The van der Waals surface area contributed by atoms with Gasteiger partial charge in [-0.05, 0) is 18.7 Å². The van der Waals surface area contributed by atoms with Gasteiger partial charge in [0.05, 0.1) is 30.3 Å². The zero-order chi connectivity index (χ0) is 18.3. The smallest absolute Gasteiger partial charge is 0.241 e. The summed E-state index contributed by atoms with van der Waals surface area (Å²) in [7, 11) is -3.04. The lowest BCUT2D eigenvalue weighted by Crippen LogP contribution is -2.60. The summed E-state index contributed by atoms with van der Waals surface area (Å²) in [5.74, 6) is 1.09. The van der Waals surface area contributed by atoms with Crippen LogP contribution >= 0.6 is 0 Å². The van der Waals surface area contributed by atoms with Crippen LogP contribution in [-0.2, 0) is 14.6 Å². The molecule has 26 heavy (non-hydrogen) atoms. The Morgan fingerprint density at radius 2 is 1.81 bits per heavy atom. The zero-order valence-electron chi connectivity index (χ0n) is 15.0. The predicted molar refractivity (Wildman–Crippen MR) is 99.3 cm³/mol. The van der Waals surface area contributed by atoms with Crippen LogP contribution in [0.5, 0.6) is 5.75 Å². The Hall–Kier alpha value is -1.64. The minimum absolute atomic E-state index is 0.00326. The molecular weight excluding hydrogens is 354 g/mol. The molecule has 0 bridgehead atoms. The van der Waals surface area contributed by atoms with Crippen LogP contribution in [0.4, 0.5) is 5.69 Å². The lowest BCUT2D eigenvalue weighted by atomic mass is 10.0. The molecule has 7 nitrogen and oxygen atoms in total. The highest BCUT2D eigenvalue weighted by Gasteiger charge is 2.46. The quantitative estimate of drug-likeness (QED) is 0.748. The molecule has 2 saturated heterocycles. The molecule has 1 aromatic carbocycles. The molecule has 8 heteroatoms. The average Bonchev–Trinajstić information content (AvgIpc) is 2.97.